The fourth-order valence-electron chi connectivity index (χ4n) is 2.87. The summed E-state index contributed by atoms with van der Waals surface area (Å²) in [6.45, 7) is 10.4. The zero-order valence-corrected chi connectivity index (χ0v) is 15.1. The molecule has 1 N–H and O–H groups in total. The third-order valence-corrected chi connectivity index (χ3v) is 4.14. The van der Waals surface area contributed by atoms with Crippen molar-refractivity contribution in [3.8, 4) is 0 Å². The molecular formula is C17H29N3O4. The lowest BCUT2D eigenvalue weighted by atomic mass is 9.74. The van der Waals surface area contributed by atoms with Crippen molar-refractivity contribution >= 4 is 18.2 Å². The molecule has 2 amide bonds. The molecule has 0 aromatic rings. The molecule has 0 spiro atoms. The van der Waals surface area contributed by atoms with E-state index >= 15 is 0 Å². The van der Waals surface area contributed by atoms with E-state index in [1.165, 1.54) is 11.1 Å². The van der Waals surface area contributed by atoms with Crippen LogP contribution in [0.25, 0.3) is 0 Å². The molecule has 0 atom stereocenters. The number of amides is 2. The first-order chi connectivity index (χ1) is 11.1. The van der Waals surface area contributed by atoms with Gasteiger partial charge >= 0.3 is 6.09 Å². The van der Waals surface area contributed by atoms with Gasteiger partial charge in [0.25, 0.3) is 0 Å². The van der Waals surface area contributed by atoms with E-state index in [0.29, 0.717) is 32.4 Å². The Balaban J connectivity index is 2.77. The van der Waals surface area contributed by atoms with Crippen LogP contribution in [0.15, 0.2) is 17.8 Å². The molecule has 0 aliphatic carbocycles. The molecule has 1 rings (SSSR count). The number of allylic oxidation sites excluding steroid dienone is 1. The highest BCUT2D eigenvalue weighted by Crippen LogP contribution is 2.37. The first-order valence-electron chi connectivity index (χ1n) is 8.15. The van der Waals surface area contributed by atoms with Crippen molar-refractivity contribution in [3.05, 3.63) is 12.7 Å². The quantitative estimate of drug-likeness (QED) is 0.361. The Labute approximate surface area is 143 Å². The van der Waals surface area contributed by atoms with Gasteiger partial charge in [-0.05, 0) is 40.0 Å². The Kier molecular flexibility index (Phi) is 6.81. The number of hydrogen-bond acceptors (Lipinski definition) is 5. The maximum atomic E-state index is 12.8. The average molecular weight is 339 g/mol. The average Bonchev–Trinajstić information content (AvgIpc) is 2.51. The topological polar surface area (TPSA) is 82.4 Å². The molecule has 1 aliphatic rings. The van der Waals surface area contributed by atoms with E-state index in [9.17, 15) is 9.59 Å². The molecule has 1 heterocycles. The smallest absolute Gasteiger partial charge is 0.410 e. The molecule has 136 valence electrons. The fourth-order valence-corrected chi connectivity index (χ4v) is 2.87. The first-order valence-corrected chi connectivity index (χ1v) is 8.15. The Bertz CT molecular complexity index is 489. The van der Waals surface area contributed by atoms with E-state index in [1.54, 1.807) is 18.0 Å². The maximum absolute atomic E-state index is 12.8. The molecule has 1 saturated heterocycles. The normalized spacial score (nSPS) is 17.6. The lowest BCUT2D eigenvalue weighted by Crippen LogP contribution is -2.51. The van der Waals surface area contributed by atoms with Crippen molar-refractivity contribution in [2.45, 2.75) is 45.6 Å². The number of rotatable bonds is 5. The van der Waals surface area contributed by atoms with Gasteiger partial charge in [0.05, 0.1) is 18.2 Å². The zero-order chi connectivity index (χ0) is 18.4. The van der Waals surface area contributed by atoms with Gasteiger partial charge in [-0.25, -0.2) is 4.79 Å². The van der Waals surface area contributed by atoms with Crippen LogP contribution in [-0.4, -0.2) is 65.5 Å². The van der Waals surface area contributed by atoms with Crippen LogP contribution in [0, 0.1) is 5.41 Å². The van der Waals surface area contributed by atoms with E-state index < -0.39 is 11.0 Å². The van der Waals surface area contributed by atoms with Crippen molar-refractivity contribution < 1.29 is 19.5 Å². The summed E-state index contributed by atoms with van der Waals surface area (Å²) in [5, 5.41) is 11.5. The predicted octanol–water partition coefficient (Wildman–Crippen LogP) is 2.50. The van der Waals surface area contributed by atoms with E-state index in [2.05, 4.69) is 11.7 Å². The van der Waals surface area contributed by atoms with Gasteiger partial charge in [0, 0.05) is 20.1 Å². The Morgan fingerprint density at radius 2 is 1.96 bits per heavy atom. The van der Waals surface area contributed by atoms with E-state index in [-0.39, 0.29) is 18.5 Å². The number of piperidine rings is 1. The number of hydrogen-bond donors (Lipinski definition) is 1. The van der Waals surface area contributed by atoms with Crippen molar-refractivity contribution in [2.24, 2.45) is 10.6 Å². The van der Waals surface area contributed by atoms with Crippen molar-refractivity contribution in [3.63, 3.8) is 0 Å². The molecule has 1 fully saturated rings. The van der Waals surface area contributed by atoms with Crippen LogP contribution in [0.2, 0.25) is 0 Å². The van der Waals surface area contributed by atoms with Crippen LogP contribution in [0.5, 0.6) is 0 Å². The molecule has 1 aliphatic heterocycles. The van der Waals surface area contributed by atoms with Crippen LogP contribution in [0.4, 0.5) is 4.79 Å². The maximum Gasteiger partial charge on any atom is 0.410 e. The second kappa shape index (κ2) is 8.17. The highest BCUT2D eigenvalue weighted by atomic mass is 16.6. The summed E-state index contributed by atoms with van der Waals surface area (Å²) >= 11 is 0. The standard InChI is InChI=1S/C17H29N3O4/c1-6-7-17(14(21)19(5)13-10-18-23)8-11-20(12-9-17)15(22)24-16(2,3)4/h6,10,23H,1,7-9,11-13H2,2-5H3/b18-10-. The number of oxime groups is 1. The third kappa shape index (κ3) is 5.25. The van der Waals surface area contributed by atoms with E-state index in [1.807, 2.05) is 20.8 Å². The lowest BCUT2D eigenvalue weighted by Gasteiger charge is -2.42. The Morgan fingerprint density at radius 1 is 1.38 bits per heavy atom. The summed E-state index contributed by atoms with van der Waals surface area (Å²) in [6.07, 6.45) is 4.33. The van der Waals surface area contributed by atoms with Gasteiger partial charge in [0.15, 0.2) is 0 Å². The monoisotopic (exact) mass is 339 g/mol. The van der Waals surface area contributed by atoms with Crippen molar-refractivity contribution in [2.75, 3.05) is 26.7 Å². The first kappa shape index (κ1) is 20.0. The van der Waals surface area contributed by atoms with Crippen molar-refractivity contribution in [1.82, 2.24) is 9.80 Å². The number of carbonyl (C=O) groups is 2. The second-order valence-electron chi connectivity index (χ2n) is 7.22. The highest BCUT2D eigenvalue weighted by molar-refractivity contribution is 5.85. The highest BCUT2D eigenvalue weighted by Gasteiger charge is 2.43. The fraction of sp³-hybridized carbons (Fsp3) is 0.706. The van der Waals surface area contributed by atoms with Crippen LogP contribution in [0.1, 0.15) is 40.0 Å². The second-order valence-corrected chi connectivity index (χ2v) is 7.22. The SMILES string of the molecule is C=CCC1(C(=O)N(C)C/C=N\O)CCN(C(=O)OC(C)(C)C)CC1. The molecule has 7 heteroatoms. The van der Waals surface area contributed by atoms with Gasteiger partial charge in [0.1, 0.15) is 5.60 Å². The summed E-state index contributed by atoms with van der Waals surface area (Å²) in [5.74, 6) is -0.0221. The largest absolute Gasteiger partial charge is 0.444 e. The van der Waals surface area contributed by atoms with Gasteiger partial charge in [-0.2, -0.15) is 0 Å². The third-order valence-electron chi connectivity index (χ3n) is 4.14. The van der Waals surface area contributed by atoms with Crippen LogP contribution < -0.4 is 0 Å². The zero-order valence-electron chi connectivity index (χ0n) is 15.1. The molecule has 0 bridgehead atoms. The van der Waals surface area contributed by atoms with E-state index in [4.69, 9.17) is 9.94 Å². The summed E-state index contributed by atoms with van der Waals surface area (Å²) in [6, 6.07) is 0. The summed E-state index contributed by atoms with van der Waals surface area (Å²) in [4.78, 5) is 28.2. The molecular weight excluding hydrogens is 310 g/mol. The lowest BCUT2D eigenvalue weighted by molar-refractivity contribution is -0.142. The predicted molar refractivity (Wildman–Crippen MR) is 92.2 cm³/mol. The van der Waals surface area contributed by atoms with Crippen molar-refractivity contribution in [1.29, 1.82) is 0 Å². The molecule has 0 unspecified atom stereocenters. The van der Waals surface area contributed by atoms with Crippen LogP contribution in [0.3, 0.4) is 0 Å². The summed E-state index contributed by atoms with van der Waals surface area (Å²) < 4.78 is 5.39. The molecule has 0 saturated carbocycles. The number of likely N-dealkylation sites (tertiary alicyclic amines) is 1. The van der Waals surface area contributed by atoms with Gasteiger partial charge in [0.2, 0.25) is 5.91 Å². The summed E-state index contributed by atoms with van der Waals surface area (Å²) in [5.41, 5.74) is -1.11. The van der Waals surface area contributed by atoms with Gasteiger partial charge in [-0.15, -0.1) is 11.7 Å². The van der Waals surface area contributed by atoms with E-state index in [0.717, 1.165) is 0 Å². The Morgan fingerprint density at radius 3 is 2.42 bits per heavy atom. The minimum absolute atomic E-state index is 0.0221. The number of ether oxygens (including phenoxy) is 1. The van der Waals surface area contributed by atoms with Gasteiger partial charge in [-0.3, -0.25) is 4.79 Å². The molecule has 24 heavy (non-hydrogen) atoms. The number of carbonyl (C=O) groups excluding carboxylic acids is 2. The van der Waals surface area contributed by atoms with Crippen LogP contribution in [-0.2, 0) is 9.53 Å². The summed E-state index contributed by atoms with van der Waals surface area (Å²) in [7, 11) is 1.68. The minimum Gasteiger partial charge on any atom is -0.444 e. The molecule has 0 aromatic heterocycles. The minimum atomic E-state index is -0.571. The van der Waals surface area contributed by atoms with Gasteiger partial charge < -0.3 is 19.7 Å². The molecule has 0 aromatic carbocycles. The number of nitrogens with zero attached hydrogens (tertiary/aromatic N) is 3. The molecule has 7 nitrogen and oxygen atoms in total. The molecule has 0 radical (unpaired) electrons. The van der Waals surface area contributed by atoms with Gasteiger partial charge in [-0.1, -0.05) is 6.08 Å². The Hall–Kier alpha value is -2.05. The van der Waals surface area contributed by atoms with Crippen LogP contribution >= 0.6 is 0 Å².